The predicted molar refractivity (Wildman–Crippen MR) is 52.3 cm³/mol. The zero-order valence-corrected chi connectivity index (χ0v) is 7.71. The average Bonchev–Trinajstić information content (AvgIpc) is 2.66. The fraction of sp³-hybridized carbons (Fsp3) is 0. The molecule has 76 valence electrons. The minimum Gasteiger partial charge on any atom is -0.421 e. The number of esters is 1. The van der Waals surface area contributed by atoms with Crippen LogP contribution in [0.4, 0.5) is 5.69 Å². The van der Waals surface area contributed by atoms with Crippen molar-refractivity contribution < 1.29 is 14.1 Å². The lowest BCUT2D eigenvalue weighted by Crippen LogP contribution is -2.09. The molecule has 15 heavy (non-hydrogen) atoms. The molecule has 0 aliphatic carbocycles. The van der Waals surface area contributed by atoms with Crippen LogP contribution in [0.2, 0.25) is 0 Å². The first-order valence-corrected chi connectivity index (χ1v) is 4.25. The van der Waals surface area contributed by atoms with E-state index < -0.39 is 5.97 Å². The van der Waals surface area contributed by atoms with Crippen molar-refractivity contribution in [1.82, 2.24) is 5.16 Å². The quantitative estimate of drug-likeness (QED) is 0.592. The van der Waals surface area contributed by atoms with E-state index in [-0.39, 0.29) is 11.4 Å². The molecule has 1 aromatic heterocycles. The molecule has 5 nitrogen and oxygen atoms in total. The molecule has 0 bridgehead atoms. The van der Waals surface area contributed by atoms with Crippen molar-refractivity contribution in [1.29, 1.82) is 0 Å². The highest BCUT2D eigenvalue weighted by Gasteiger charge is 2.17. The highest BCUT2D eigenvalue weighted by molar-refractivity contribution is 5.92. The van der Waals surface area contributed by atoms with E-state index in [1.54, 1.807) is 24.3 Å². The molecule has 0 spiro atoms. The second-order valence-corrected chi connectivity index (χ2v) is 2.81. The van der Waals surface area contributed by atoms with Gasteiger partial charge in [-0.05, 0) is 12.1 Å². The Labute approximate surface area is 85.4 Å². The van der Waals surface area contributed by atoms with Crippen molar-refractivity contribution >= 4 is 11.7 Å². The predicted octanol–water partition coefficient (Wildman–Crippen LogP) is 1.48. The SMILES string of the molecule is Nc1cnoc1C(=O)Oc1ccccc1. The van der Waals surface area contributed by atoms with Gasteiger partial charge in [0.2, 0.25) is 0 Å². The monoisotopic (exact) mass is 204 g/mol. The molecular weight excluding hydrogens is 196 g/mol. The van der Waals surface area contributed by atoms with E-state index in [1.165, 1.54) is 6.20 Å². The van der Waals surface area contributed by atoms with Gasteiger partial charge in [0.15, 0.2) is 0 Å². The second kappa shape index (κ2) is 3.83. The van der Waals surface area contributed by atoms with E-state index in [0.717, 1.165) is 0 Å². The molecule has 2 N–H and O–H groups in total. The number of nitrogen functional groups attached to an aromatic ring is 1. The summed E-state index contributed by atoms with van der Waals surface area (Å²) < 4.78 is 9.64. The lowest BCUT2D eigenvalue weighted by molar-refractivity contribution is 0.0692. The van der Waals surface area contributed by atoms with E-state index in [2.05, 4.69) is 9.68 Å². The normalized spacial score (nSPS) is 9.87. The molecule has 0 radical (unpaired) electrons. The van der Waals surface area contributed by atoms with Crippen LogP contribution in [0.3, 0.4) is 0 Å². The van der Waals surface area contributed by atoms with Crippen LogP contribution in [0.15, 0.2) is 41.1 Å². The first-order chi connectivity index (χ1) is 7.27. The summed E-state index contributed by atoms with van der Waals surface area (Å²) in [5, 5.41) is 3.38. The zero-order chi connectivity index (χ0) is 10.7. The fourth-order valence-corrected chi connectivity index (χ4v) is 1.04. The number of carbonyl (C=O) groups excluding carboxylic acids is 1. The smallest absolute Gasteiger partial charge is 0.384 e. The number of hydrogen-bond acceptors (Lipinski definition) is 5. The molecule has 1 heterocycles. The first kappa shape index (κ1) is 9.26. The van der Waals surface area contributed by atoms with Crippen molar-refractivity contribution in [3.8, 4) is 5.75 Å². The van der Waals surface area contributed by atoms with E-state index >= 15 is 0 Å². The van der Waals surface area contributed by atoms with Crippen LogP contribution in [-0.2, 0) is 0 Å². The summed E-state index contributed by atoms with van der Waals surface area (Å²) >= 11 is 0. The zero-order valence-electron chi connectivity index (χ0n) is 7.71. The van der Waals surface area contributed by atoms with Gasteiger partial charge in [0, 0.05) is 0 Å². The van der Waals surface area contributed by atoms with Crippen LogP contribution in [0.5, 0.6) is 5.75 Å². The molecule has 0 aliphatic rings. The summed E-state index contributed by atoms with van der Waals surface area (Å²) in [7, 11) is 0. The lowest BCUT2D eigenvalue weighted by atomic mass is 10.3. The van der Waals surface area contributed by atoms with Crippen molar-refractivity contribution in [2.75, 3.05) is 5.73 Å². The van der Waals surface area contributed by atoms with Gasteiger partial charge >= 0.3 is 5.97 Å². The van der Waals surface area contributed by atoms with Crippen LogP contribution in [0, 0.1) is 0 Å². The highest BCUT2D eigenvalue weighted by atomic mass is 16.6. The maximum absolute atomic E-state index is 11.5. The topological polar surface area (TPSA) is 78.4 Å². The fourth-order valence-electron chi connectivity index (χ4n) is 1.04. The number of anilines is 1. The number of para-hydroxylation sites is 1. The molecule has 0 fully saturated rings. The van der Waals surface area contributed by atoms with Crippen molar-refractivity contribution in [2.45, 2.75) is 0 Å². The van der Waals surface area contributed by atoms with Crippen LogP contribution in [-0.4, -0.2) is 11.1 Å². The van der Waals surface area contributed by atoms with Gasteiger partial charge in [-0.25, -0.2) is 4.79 Å². The Bertz CT molecular complexity index is 465. The first-order valence-electron chi connectivity index (χ1n) is 4.25. The summed E-state index contributed by atoms with van der Waals surface area (Å²) in [5.41, 5.74) is 5.60. The van der Waals surface area contributed by atoms with Gasteiger partial charge in [-0.15, -0.1) is 0 Å². The Balaban J connectivity index is 2.15. The molecule has 0 saturated carbocycles. The van der Waals surface area contributed by atoms with Crippen LogP contribution >= 0.6 is 0 Å². The number of benzene rings is 1. The van der Waals surface area contributed by atoms with Crippen molar-refractivity contribution in [3.63, 3.8) is 0 Å². The highest BCUT2D eigenvalue weighted by Crippen LogP contribution is 2.15. The van der Waals surface area contributed by atoms with Gasteiger partial charge in [0.25, 0.3) is 5.76 Å². The summed E-state index contributed by atoms with van der Waals surface area (Å²) in [6, 6.07) is 8.65. The van der Waals surface area contributed by atoms with Crippen LogP contribution in [0.1, 0.15) is 10.6 Å². The van der Waals surface area contributed by atoms with Gasteiger partial charge in [0.1, 0.15) is 11.4 Å². The van der Waals surface area contributed by atoms with Crippen molar-refractivity contribution in [2.24, 2.45) is 0 Å². The third kappa shape index (κ3) is 1.96. The minimum absolute atomic E-state index is 0.0844. The third-order valence-corrected chi connectivity index (χ3v) is 1.74. The molecule has 0 saturated heterocycles. The van der Waals surface area contributed by atoms with E-state index in [0.29, 0.717) is 5.75 Å². The Morgan fingerprint density at radius 3 is 2.67 bits per heavy atom. The second-order valence-electron chi connectivity index (χ2n) is 2.81. The maximum atomic E-state index is 11.5. The molecule has 0 amide bonds. The number of ether oxygens (including phenoxy) is 1. The van der Waals surface area contributed by atoms with Gasteiger partial charge in [0.05, 0.1) is 6.20 Å². The number of hydrogen-bond donors (Lipinski definition) is 1. The molecule has 1 aromatic carbocycles. The van der Waals surface area contributed by atoms with Crippen LogP contribution in [0.25, 0.3) is 0 Å². The van der Waals surface area contributed by atoms with Gasteiger partial charge < -0.3 is 15.0 Å². The van der Waals surface area contributed by atoms with Gasteiger partial charge in [-0.2, -0.15) is 0 Å². The number of nitrogens with two attached hydrogens (primary N) is 1. The number of rotatable bonds is 2. The molecule has 0 aliphatic heterocycles. The molecular formula is C10H8N2O3. The lowest BCUT2D eigenvalue weighted by Gasteiger charge is -2.00. The molecule has 2 aromatic rings. The van der Waals surface area contributed by atoms with E-state index in [4.69, 9.17) is 10.5 Å². The summed E-state index contributed by atoms with van der Waals surface area (Å²) in [4.78, 5) is 11.5. The average molecular weight is 204 g/mol. The molecule has 0 atom stereocenters. The minimum atomic E-state index is -0.656. The third-order valence-electron chi connectivity index (χ3n) is 1.74. The summed E-state index contributed by atoms with van der Waals surface area (Å²) in [6.07, 6.45) is 1.25. The van der Waals surface area contributed by atoms with Gasteiger partial charge in [-0.3, -0.25) is 0 Å². The van der Waals surface area contributed by atoms with E-state index in [9.17, 15) is 4.79 Å². The Morgan fingerprint density at radius 1 is 1.33 bits per heavy atom. The molecule has 2 rings (SSSR count). The summed E-state index contributed by atoms with van der Waals surface area (Å²) in [5.74, 6) is -0.312. The number of aromatic nitrogens is 1. The Kier molecular flexibility index (Phi) is 2.37. The maximum Gasteiger partial charge on any atom is 0.384 e. The Hall–Kier alpha value is -2.30. The number of nitrogens with zero attached hydrogens (tertiary/aromatic N) is 1. The van der Waals surface area contributed by atoms with Crippen molar-refractivity contribution in [3.05, 3.63) is 42.3 Å². The van der Waals surface area contributed by atoms with Crippen LogP contribution < -0.4 is 10.5 Å². The standard InChI is InChI=1S/C10H8N2O3/c11-8-6-12-15-9(8)10(13)14-7-4-2-1-3-5-7/h1-6H,11H2. The number of carbonyl (C=O) groups is 1. The Morgan fingerprint density at radius 2 is 2.07 bits per heavy atom. The summed E-state index contributed by atoms with van der Waals surface area (Å²) in [6.45, 7) is 0. The largest absolute Gasteiger partial charge is 0.421 e. The molecule has 5 heteroatoms. The van der Waals surface area contributed by atoms with E-state index in [1.807, 2.05) is 6.07 Å². The van der Waals surface area contributed by atoms with Gasteiger partial charge in [-0.1, -0.05) is 23.4 Å². The molecule has 0 unspecified atom stereocenters.